The summed E-state index contributed by atoms with van der Waals surface area (Å²) in [6.07, 6.45) is 6.88. The van der Waals surface area contributed by atoms with Crippen LogP contribution in [0.1, 0.15) is 44.1 Å². The van der Waals surface area contributed by atoms with Crippen LogP contribution < -0.4 is 5.56 Å². The van der Waals surface area contributed by atoms with Crippen molar-refractivity contribution in [3.63, 3.8) is 0 Å². The molecule has 6 rings (SSSR count). The molecular weight excluding hydrogens is 314 g/mol. The number of H-pyrrole nitrogens is 1. The van der Waals surface area contributed by atoms with Gasteiger partial charge in [-0.05, 0) is 73.8 Å². The van der Waals surface area contributed by atoms with E-state index in [-0.39, 0.29) is 23.6 Å². The monoisotopic (exact) mass is 337 g/mol. The summed E-state index contributed by atoms with van der Waals surface area (Å²) in [5, 5.41) is 0.961. The van der Waals surface area contributed by atoms with Crippen molar-refractivity contribution in [3.8, 4) is 0 Å². The highest BCUT2D eigenvalue weighted by Gasteiger charge is 2.55. The molecule has 0 unspecified atom stereocenters. The average Bonchev–Trinajstić information content (AvgIpc) is 2.58. The molecular formula is C21H23NO3. The minimum absolute atomic E-state index is 0.0702. The number of aromatic amines is 1. The number of rotatable bonds is 3. The van der Waals surface area contributed by atoms with Crippen LogP contribution in [0.15, 0.2) is 35.1 Å². The minimum atomic E-state index is -0.266. The fraction of sp³-hybridized carbons (Fsp3) is 0.524. The summed E-state index contributed by atoms with van der Waals surface area (Å²) in [7, 11) is 0. The lowest BCUT2D eigenvalue weighted by atomic mass is 9.49. The number of fused-ring (bicyclic) bond motifs is 1. The summed E-state index contributed by atoms with van der Waals surface area (Å²) >= 11 is 0. The van der Waals surface area contributed by atoms with Gasteiger partial charge < -0.3 is 9.72 Å². The van der Waals surface area contributed by atoms with Crippen LogP contribution in [0.5, 0.6) is 0 Å². The van der Waals surface area contributed by atoms with Crippen molar-refractivity contribution in [2.75, 3.05) is 0 Å². The molecule has 1 aromatic carbocycles. The van der Waals surface area contributed by atoms with E-state index in [0.29, 0.717) is 23.3 Å². The molecule has 1 aromatic heterocycles. The quantitative estimate of drug-likeness (QED) is 0.867. The maximum Gasteiger partial charge on any atom is 0.312 e. The number of pyridine rings is 1. The maximum atomic E-state index is 12.9. The highest BCUT2D eigenvalue weighted by atomic mass is 16.5. The minimum Gasteiger partial charge on any atom is -0.460 e. The Hall–Kier alpha value is -2.10. The number of ether oxygens (including phenoxy) is 1. The molecule has 4 heteroatoms. The molecule has 4 nitrogen and oxygen atoms in total. The second-order valence-electron chi connectivity index (χ2n) is 8.48. The molecule has 25 heavy (non-hydrogen) atoms. The Kier molecular flexibility index (Phi) is 3.31. The maximum absolute atomic E-state index is 12.9. The Morgan fingerprint density at radius 2 is 1.72 bits per heavy atom. The topological polar surface area (TPSA) is 59.2 Å². The predicted octanol–water partition coefficient (Wildman–Crippen LogP) is 3.79. The van der Waals surface area contributed by atoms with Gasteiger partial charge in [0.15, 0.2) is 0 Å². The molecule has 2 aromatic rings. The molecule has 0 aliphatic heterocycles. The Labute approximate surface area is 146 Å². The molecule has 1 heterocycles. The van der Waals surface area contributed by atoms with Crippen LogP contribution in [0, 0.1) is 23.2 Å². The van der Waals surface area contributed by atoms with Gasteiger partial charge in [0.1, 0.15) is 6.61 Å². The number of hydrogen-bond donors (Lipinski definition) is 1. The highest BCUT2D eigenvalue weighted by Crippen LogP contribution is 2.60. The molecule has 4 aliphatic rings. The number of benzene rings is 1. The van der Waals surface area contributed by atoms with E-state index in [1.807, 2.05) is 30.3 Å². The molecule has 4 fully saturated rings. The van der Waals surface area contributed by atoms with Crippen LogP contribution in [-0.2, 0) is 16.1 Å². The Bertz CT molecular complexity index is 862. The van der Waals surface area contributed by atoms with E-state index >= 15 is 0 Å². The van der Waals surface area contributed by atoms with Crippen molar-refractivity contribution in [1.29, 1.82) is 0 Å². The van der Waals surface area contributed by atoms with Gasteiger partial charge in [0.25, 0.3) is 5.56 Å². The first kappa shape index (κ1) is 15.2. The summed E-state index contributed by atoms with van der Waals surface area (Å²) in [6, 6.07) is 9.50. The third-order valence-corrected chi connectivity index (χ3v) is 6.66. The summed E-state index contributed by atoms with van der Waals surface area (Å²) in [5.41, 5.74) is 0.899. The van der Waals surface area contributed by atoms with Gasteiger partial charge in [-0.25, -0.2) is 0 Å². The van der Waals surface area contributed by atoms with Crippen LogP contribution in [0.4, 0.5) is 0 Å². The molecule has 0 radical (unpaired) electrons. The van der Waals surface area contributed by atoms with E-state index in [0.717, 1.165) is 30.2 Å². The van der Waals surface area contributed by atoms with Gasteiger partial charge >= 0.3 is 5.97 Å². The zero-order chi connectivity index (χ0) is 17.0. The van der Waals surface area contributed by atoms with E-state index < -0.39 is 0 Å². The van der Waals surface area contributed by atoms with Gasteiger partial charge in [-0.2, -0.15) is 0 Å². The second kappa shape index (κ2) is 5.45. The van der Waals surface area contributed by atoms with Crippen LogP contribution in [0.25, 0.3) is 10.9 Å². The standard InChI is InChI=1S/C21H23NO3/c23-19-17(8-16-3-1-2-4-18(16)22-19)12-25-20(24)21-9-13-5-14(10-21)7-15(6-13)11-21/h1-4,8,13-15H,5-7,9-12H2,(H,22,23). The Balaban J connectivity index is 1.35. The van der Waals surface area contributed by atoms with Crippen molar-refractivity contribution >= 4 is 16.9 Å². The number of carbonyl (C=O) groups is 1. The molecule has 4 aliphatic carbocycles. The van der Waals surface area contributed by atoms with E-state index in [2.05, 4.69) is 4.98 Å². The lowest BCUT2D eigenvalue weighted by molar-refractivity contribution is -0.173. The van der Waals surface area contributed by atoms with E-state index in [1.165, 1.54) is 19.3 Å². The number of aromatic nitrogens is 1. The van der Waals surface area contributed by atoms with Gasteiger partial charge in [-0.15, -0.1) is 0 Å². The van der Waals surface area contributed by atoms with Gasteiger partial charge in [-0.3, -0.25) is 9.59 Å². The number of esters is 1. The first-order chi connectivity index (χ1) is 12.1. The van der Waals surface area contributed by atoms with E-state index in [9.17, 15) is 9.59 Å². The summed E-state index contributed by atoms with van der Waals surface area (Å²) in [4.78, 5) is 28.0. The third-order valence-electron chi connectivity index (χ3n) is 6.66. The van der Waals surface area contributed by atoms with E-state index in [1.54, 1.807) is 0 Å². The fourth-order valence-corrected chi connectivity index (χ4v) is 5.96. The Morgan fingerprint density at radius 1 is 1.08 bits per heavy atom. The highest BCUT2D eigenvalue weighted by molar-refractivity contribution is 5.79. The largest absolute Gasteiger partial charge is 0.460 e. The van der Waals surface area contributed by atoms with Gasteiger partial charge in [-0.1, -0.05) is 18.2 Å². The zero-order valence-corrected chi connectivity index (χ0v) is 14.3. The molecule has 0 atom stereocenters. The van der Waals surface area contributed by atoms with Crippen LogP contribution in [0.2, 0.25) is 0 Å². The van der Waals surface area contributed by atoms with Crippen molar-refractivity contribution < 1.29 is 9.53 Å². The molecule has 4 bridgehead atoms. The van der Waals surface area contributed by atoms with Crippen molar-refractivity contribution in [1.82, 2.24) is 4.98 Å². The van der Waals surface area contributed by atoms with Crippen molar-refractivity contribution in [3.05, 3.63) is 46.2 Å². The summed E-state index contributed by atoms with van der Waals surface area (Å²) in [5.74, 6) is 2.06. The first-order valence-corrected chi connectivity index (χ1v) is 9.39. The lowest BCUT2D eigenvalue weighted by Crippen LogP contribution is -2.50. The van der Waals surface area contributed by atoms with Crippen LogP contribution >= 0.6 is 0 Å². The smallest absolute Gasteiger partial charge is 0.312 e. The Morgan fingerprint density at radius 3 is 2.40 bits per heavy atom. The summed E-state index contributed by atoms with van der Waals surface area (Å²) in [6.45, 7) is 0.0702. The fourth-order valence-electron chi connectivity index (χ4n) is 5.96. The number of para-hydroxylation sites is 1. The molecule has 4 saturated carbocycles. The molecule has 0 amide bonds. The number of carbonyl (C=O) groups excluding carboxylic acids is 1. The third kappa shape index (κ3) is 2.50. The van der Waals surface area contributed by atoms with Crippen LogP contribution in [0.3, 0.4) is 0 Å². The first-order valence-electron chi connectivity index (χ1n) is 9.39. The molecule has 0 saturated heterocycles. The van der Waals surface area contributed by atoms with Crippen molar-refractivity contribution in [2.45, 2.75) is 45.1 Å². The molecule has 0 spiro atoms. The van der Waals surface area contributed by atoms with Crippen LogP contribution in [-0.4, -0.2) is 11.0 Å². The number of hydrogen-bond acceptors (Lipinski definition) is 3. The average molecular weight is 337 g/mol. The summed E-state index contributed by atoms with van der Waals surface area (Å²) < 4.78 is 5.68. The normalized spacial score (nSPS) is 32.9. The molecule has 130 valence electrons. The molecule has 1 N–H and O–H groups in total. The van der Waals surface area contributed by atoms with Gasteiger partial charge in [0.05, 0.1) is 11.0 Å². The SMILES string of the molecule is O=C(OCc1cc2ccccc2[nH]c1=O)C12CC3CC(CC(C3)C1)C2. The van der Waals surface area contributed by atoms with Gasteiger partial charge in [0.2, 0.25) is 0 Å². The number of nitrogens with one attached hydrogen (secondary N) is 1. The zero-order valence-electron chi connectivity index (χ0n) is 14.3. The lowest BCUT2D eigenvalue weighted by Gasteiger charge is -2.55. The van der Waals surface area contributed by atoms with Crippen molar-refractivity contribution in [2.24, 2.45) is 23.2 Å². The predicted molar refractivity (Wildman–Crippen MR) is 95.0 cm³/mol. The van der Waals surface area contributed by atoms with Gasteiger partial charge in [0, 0.05) is 5.52 Å². The second-order valence-corrected chi connectivity index (χ2v) is 8.48. The van der Waals surface area contributed by atoms with E-state index in [4.69, 9.17) is 4.74 Å².